The predicted molar refractivity (Wildman–Crippen MR) is 122 cm³/mol. The third-order valence-corrected chi connectivity index (χ3v) is 5.25. The Kier molecular flexibility index (Phi) is 8.32. The second kappa shape index (κ2) is 11.4. The van der Waals surface area contributed by atoms with E-state index in [9.17, 15) is 14.0 Å². The van der Waals surface area contributed by atoms with Crippen LogP contribution >= 0.6 is 0 Å². The van der Waals surface area contributed by atoms with Gasteiger partial charge in [0.2, 0.25) is 5.91 Å². The zero-order valence-electron chi connectivity index (χ0n) is 19.1. The Bertz CT molecular complexity index is 1100. The molecule has 1 heterocycles. The summed E-state index contributed by atoms with van der Waals surface area (Å²) in [5.41, 5.74) is 3.94. The maximum Gasteiger partial charge on any atom is 0.276 e. The van der Waals surface area contributed by atoms with Crippen molar-refractivity contribution in [1.82, 2.24) is 15.4 Å². The SMILES string of the molecule is COCCN(CCC(=O)NCc1ccc(F)cc1)C(=O)c1cc(-c2cc(C)ccc2C)on1. The molecule has 0 bridgehead atoms. The van der Waals surface area contributed by atoms with Crippen LogP contribution in [0.2, 0.25) is 0 Å². The lowest BCUT2D eigenvalue weighted by Crippen LogP contribution is -2.37. The Labute approximate surface area is 192 Å². The molecule has 7 nitrogen and oxygen atoms in total. The molecule has 0 spiro atoms. The molecule has 0 saturated heterocycles. The van der Waals surface area contributed by atoms with Crippen molar-refractivity contribution in [2.45, 2.75) is 26.8 Å². The first-order chi connectivity index (χ1) is 15.9. The summed E-state index contributed by atoms with van der Waals surface area (Å²) >= 11 is 0. The first-order valence-corrected chi connectivity index (χ1v) is 10.7. The summed E-state index contributed by atoms with van der Waals surface area (Å²) < 4.78 is 23.6. The van der Waals surface area contributed by atoms with Crippen LogP contribution in [0.1, 0.15) is 33.6 Å². The lowest BCUT2D eigenvalue weighted by atomic mass is 10.0. The number of hydrogen-bond donors (Lipinski definition) is 1. The zero-order chi connectivity index (χ0) is 23.8. The van der Waals surface area contributed by atoms with E-state index in [0.29, 0.717) is 18.9 Å². The number of ether oxygens (including phenoxy) is 1. The van der Waals surface area contributed by atoms with Crippen molar-refractivity contribution in [2.24, 2.45) is 0 Å². The highest BCUT2D eigenvalue weighted by Gasteiger charge is 2.21. The highest BCUT2D eigenvalue weighted by atomic mass is 19.1. The first kappa shape index (κ1) is 24.1. The maximum absolute atomic E-state index is 13.1. The minimum absolute atomic E-state index is 0.109. The van der Waals surface area contributed by atoms with E-state index in [4.69, 9.17) is 9.26 Å². The topological polar surface area (TPSA) is 84.7 Å². The molecule has 1 aromatic heterocycles. The van der Waals surface area contributed by atoms with Crippen LogP contribution in [0.3, 0.4) is 0 Å². The van der Waals surface area contributed by atoms with Gasteiger partial charge in [0.05, 0.1) is 6.61 Å². The summed E-state index contributed by atoms with van der Waals surface area (Å²) in [6.45, 7) is 5.07. The standard InChI is InChI=1S/C25H28FN3O4/c1-17-4-5-18(2)21(14-17)23-15-22(28-33-23)25(31)29(12-13-32-3)11-10-24(30)27-16-19-6-8-20(26)9-7-19/h4-9,14-15H,10-13,16H2,1-3H3,(H,27,30). The average Bonchev–Trinajstić information content (AvgIpc) is 3.30. The number of hydrogen-bond acceptors (Lipinski definition) is 5. The number of benzene rings is 2. The lowest BCUT2D eigenvalue weighted by Gasteiger charge is -2.21. The zero-order valence-corrected chi connectivity index (χ0v) is 19.1. The normalized spacial score (nSPS) is 10.8. The van der Waals surface area contributed by atoms with E-state index in [1.807, 2.05) is 32.0 Å². The molecule has 0 aliphatic heterocycles. The van der Waals surface area contributed by atoms with Gasteiger partial charge in [0.15, 0.2) is 11.5 Å². The highest BCUT2D eigenvalue weighted by molar-refractivity contribution is 5.93. The van der Waals surface area contributed by atoms with Crippen LogP contribution in [-0.2, 0) is 16.1 Å². The van der Waals surface area contributed by atoms with Gasteiger partial charge in [-0.1, -0.05) is 35.0 Å². The third-order valence-electron chi connectivity index (χ3n) is 5.25. The molecule has 0 aliphatic carbocycles. The lowest BCUT2D eigenvalue weighted by molar-refractivity contribution is -0.121. The van der Waals surface area contributed by atoms with Gasteiger partial charge in [0, 0.05) is 44.8 Å². The summed E-state index contributed by atoms with van der Waals surface area (Å²) in [4.78, 5) is 26.9. The van der Waals surface area contributed by atoms with Crippen LogP contribution in [-0.4, -0.2) is 48.7 Å². The summed E-state index contributed by atoms with van der Waals surface area (Å²) in [6, 6.07) is 13.5. The number of amides is 2. The number of nitrogens with zero attached hydrogens (tertiary/aromatic N) is 2. The predicted octanol–water partition coefficient (Wildman–Crippen LogP) is 3.89. The molecule has 3 rings (SSSR count). The van der Waals surface area contributed by atoms with Crippen molar-refractivity contribution >= 4 is 11.8 Å². The van der Waals surface area contributed by atoms with Crippen molar-refractivity contribution < 1.29 is 23.2 Å². The molecule has 0 unspecified atom stereocenters. The van der Waals surface area contributed by atoms with Crippen LogP contribution in [0.15, 0.2) is 53.1 Å². The van der Waals surface area contributed by atoms with Gasteiger partial charge in [-0.25, -0.2) is 4.39 Å². The van der Waals surface area contributed by atoms with E-state index < -0.39 is 0 Å². The van der Waals surface area contributed by atoms with Gasteiger partial charge in [-0.3, -0.25) is 9.59 Å². The van der Waals surface area contributed by atoms with E-state index >= 15 is 0 Å². The van der Waals surface area contributed by atoms with Gasteiger partial charge < -0.3 is 19.5 Å². The Morgan fingerprint density at radius 3 is 2.58 bits per heavy atom. The monoisotopic (exact) mass is 453 g/mol. The largest absolute Gasteiger partial charge is 0.383 e. The number of methoxy groups -OCH3 is 1. The maximum atomic E-state index is 13.1. The van der Waals surface area contributed by atoms with E-state index in [0.717, 1.165) is 22.3 Å². The fraction of sp³-hybridized carbons (Fsp3) is 0.320. The van der Waals surface area contributed by atoms with Crippen molar-refractivity contribution in [3.63, 3.8) is 0 Å². The minimum Gasteiger partial charge on any atom is -0.383 e. The van der Waals surface area contributed by atoms with Crippen molar-refractivity contribution in [3.05, 3.63) is 76.7 Å². The molecule has 0 fully saturated rings. The molecule has 0 aliphatic rings. The second-order valence-electron chi connectivity index (χ2n) is 7.83. The van der Waals surface area contributed by atoms with Gasteiger partial charge in [0.1, 0.15) is 5.82 Å². The second-order valence-corrected chi connectivity index (χ2v) is 7.83. The molecular formula is C25H28FN3O4. The molecule has 0 atom stereocenters. The molecule has 1 N–H and O–H groups in total. The number of aryl methyl sites for hydroxylation is 2. The fourth-order valence-corrected chi connectivity index (χ4v) is 3.31. The smallest absolute Gasteiger partial charge is 0.276 e. The molecule has 2 amide bonds. The molecule has 8 heteroatoms. The number of aromatic nitrogens is 1. The number of nitrogens with one attached hydrogen (secondary N) is 1. The molecule has 0 saturated carbocycles. The van der Waals surface area contributed by atoms with E-state index in [-0.39, 0.29) is 42.8 Å². The van der Waals surface area contributed by atoms with Crippen LogP contribution in [0.4, 0.5) is 4.39 Å². The van der Waals surface area contributed by atoms with Gasteiger partial charge in [-0.15, -0.1) is 0 Å². The average molecular weight is 454 g/mol. The third kappa shape index (κ3) is 6.73. The van der Waals surface area contributed by atoms with Crippen LogP contribution in [0.5, 0.6) is 0 Å². The van der Waals surface area contributed by atoms with Crippen LogP contribution < -0.4 is 5.32 Å². The van der Waals surface area contributed by atoms with Crippen molar-refractivity contribution in [1.29, 1.82) is 0 Å². The van der Waals surface area contributed by atoms with Crippen molar-refractivity contribution in [2.75, 3.05) is 26.8 Å². The molecular weight excluding hydrogens is 425 g/mol. The number of carbonyl (C=O) groups excluding carboxylic acids is 2. The fourth-order valence-electron chi connectivity index (χ4n) is 3.31. The van der Waals surface area contributed by atoms with Gasteiger partial charge in [0.25, 0.3) is 5.91 Å². The molecule has 3 aromatic rings. The molecule has 33 heavy (non-hydrogen) atoms. The minimum atomic E-state index is -0.335. The van der Waals surface area contributed by atoms with Crippen LogP contribution in [0, 0.1) is 19.7 Å². The summed E-state index contributed by atoms with van der Waals surface area (Å²) in [7, 11) is 1.55. The number of carbonyl (C=O) groups is 2. The van der Waals surface area contributed by atoms with E-state index in [1.54, 1.807) is 25.3 Å². The Morgan fingerprint density at radius 1 is 1.09 bits per heavy atom. The summed E-state index contributed by atoms with van der Waals surface area (Å²) in [5, 5.41) is 6.75. The van der Waals surface area contributed by atoms with E-state index in [2.05, 4.69) is 10.5 Å². The highest BCUT2D eigenvalue weighted by Crippen LogP contribution is 2.25. The summed E-state index contributed by atoms with van der Waals surface area (Å²) in [5.74, 6) is -0.362. The van der Waals surface area contributed by atoms with Crippen molar-refractivity contribution in [3.8, 4) is 11.3 Å². The summed E-state index contributed by atoms with van der Waals surface area (Å²) in [6.07, 6.45) is 0.109. The van der Waals surface area contributed by atoms with E-state index in [1.165, 1.54) is 17.0 Å². The van der Waals surface area contributed by atoms with Gasteiger partial charge in [-0.05, 0) is 43.2 Å². The first-order valence-electron chi connectivity index (χ1n) is 10.7. The van der Waals surface area contributed by atoms with Gasteiger partial charge in [-0.2, -0.15) is 0 Å². The Hall–Kier alpha value is -3.52. The molecule has 0 radical (unpaired) electrons. The Morgan fingerprint density at radius 2 is 1.85 bits per heavy atom. The Balaban J connectivity index is 1.62. The molecule has 2 aromatic carbocycles. The van der Waals surface area contributed by atoms with Gasteiger partial charge >= 0.3 is 0 Å². The van der Waals surface area contributed by atoms with Crippen LogP contribution in [0.25, 0.3) is 11.3 Å². The number of rotatable bonds is 10. The molecule has 174 valence electrons. The number of halogens is 1. The quantitative estimate of drug-likeness (QED) is 0.503.